The van der Waals surface area contributed by atoms with E-state index in [1.54, 1.807) is 6.20 Å². The Morgan fingerprint density at radius 2 is 2.11 bits per heavy atom. The topological polar surface area (TPSA) is 45.2 Å². The maximum atomic E-state index is 12.6. The van der Waals surface area contributed by atoms with E-state index in [9.17, 15) is 4.79 Å². The molecule has 19 heavy (non-hydrogen) atoms. The molecule has 0 spiro atoms. The molecular formula is C15H25N3O. The number of pyridine rings is 1. The average Bonchev–Trinajstić information content (AvgIpc) is 2.36. The molecule has 1 aromatic rings. The van der Waals surface area contributed by atoms with Crippen LogP contribution in [0.15, 0.2) is 12.3 Å². The molecule has 0 unspecified atom stereocenters. The summed E-state index contributed by atoms with van der Waals surface area (Å²) in [7, 11) is 0. The van der Waals surface area contributed by atoms with Gasteiger partial charge in [-0.3, -0.25) is 9.78 Å². The third-order valence-corrected chi connectivity index (χ3v) is 3.06. The maximum Gasteiger partial charge on any atom is 0.257 e. The molecule has 0 aliphatic heterocycles. The summed E-state index contributed by atoms with van der Waals surface area (Å²) in [6.07, 6.45) is 2.71. The Hall–Kier alpha value is -1.58. The van der Waals surface area contributed by atoms with Crippen molar-refractivity contribution in [2.24, 2.45) is 0 Å². The van der Waals surface area contributed by atoms with E-state index in [4.69, 9.17) is 0 Å². The highest BCUT2D eigenvalue weighted by Gasteiger charge is 2.20. The zero-order valence-corrected chi connectivity index (χ0v) is 12.7. The first kappa shape index (κ1) is 15.5. The Kier molecular flexibility index (Phi) is 5.80. The van der Waals surface area contributed by atoms with E-state index in [-0.39, 0.29) is 11.9 Å². The molecule has 1 aromatic heterocycles. The van der Waals surface area contributed by atoms with Crippen LogP contribution in [-0.2, 0) is 0 Å². The summed E-state index contributed by atoms with van der Waals surface area (Å²) < 4.78 is 0. The van der Waals surface area contributed by atoms with Crippen molar-refractivity contribution >= 4 is 11.6 Å². The van der Waals surface area contributed by atoms with Crippen LogP contribution in [0.1, 0.15) is 50.2 Å². The van der Waals surface area contributed by atoms with Crippen molar-refractivity contribution < 1.29 is 4.79 Å². The summed E-state index contributed by atoms with van der Waals surface area (Å²) in [6.45, 7) is 11.7. The number of carbonyl (C=O) groups excluding carboxylic acids is 1. The molecule has 106 valence electrons. The molecule has 1 N–H and O–H groups in total. The predicted octanol–water partition coefficient (Wildman–Crippen LogP) is 3.08. The highest BCUT2D eigenvalue weighted by molar-refractivity contribution is 5.99. The molecule has 0 fully saturated rings. The summed E-state index contributed by atoms with van der Waals surface area (Å²) in [6, 6.07) is 2.13. The molecule has 0 saturated carbocycles. The van der Waals surface area contributed by atoms with Gasteiger partial charge < -0.3 is 10.2 Å². The number of aryl methyl sites for hydroxylation is 1. The van der Waals surface area contributed by atoms with Crippen LogP contribution in [0.25, 0.3) is 0 Å². The molecule has 4 heteroatoms. The number of hydrogen-bond donors (Lipinski definition) is 1. The van der Waals surface area contributed by atoms with Crippen LogP contribution in [0.2, 0.25) is 0 Å². The van der Waals surface area contributed by atoms with Crippen LogP contribution < -0.4 is 5.32 Å². The lowest BCUT2D eigenvalue weighted by Gasteiger charge is -2.26. The summed E-state index contributed by atoms with van der Waals surface area (Å²) in [5, 5.41) is 3.32. The van der Waals surface area contributed by atoms with Gasteiger partial charge in [-0.05, 0) is 40.2 Å². The summed E-state index contributed by atoms with van der Waals surface area (Å²) in [5.41, 5.74) is 2.47. The second-order valence-corrected chi connectivity index (χ2v) is 4.98. The zero-order chi connectivity index (χ0) is 14.4. The molecule has 0 aliphatic rings. The fourth-order valence-corrected chi connectivity index (χ4v) is 2.03. The SMILES string of the molecule is CCCNc1cc(C)ncc1C(=O)N(CC)C(C)C. The van der Waals surface area contributed by atoms with Gasteiger partial charge in [-0.2, -0.15) is 0 Å². The Morgan fingerprint density at radius 3 is 2.63 bits per heavy atom. The van der Waals surface area contributed by atoms with Crippen molar-refractivity contribution in [1.82, 2.24) is 9.88 Å². The predicted molar refractivity (Wildman–Crippen MR) is 79.6 cm³/mol. The first-order valence-corrected chi connectivity index (χ1v) is 7.02. The lowest BCUT2D eigenvalue weighted by atomic mass is 10.1. The fourth-order valence-electron chi connectivity index (χ4n) is 2.03. The molecule has 0 aromatic carbocycles. The van der Waals surface area contributed by atoms with Crippen LogP contribution in [0.4, 0.5) is 5.69 Å². The highest BCUT2D eigenvalue weighted by Crippen LogP contribution is 2.19. The van der Waals surface area contributed by atoms with Gasteiger partial charge in [0.1, 0.15) is 0 Å². The van der Waals surface area contributed by atoms with Gasteiger partial charge in [-0.1, -0.05) is 6.92 Å². The first-order valence-electron chi connectivity index (χ1n) is 7.02. The lowest BCUT2D eigenvalue weighted by Crippen LogP contribution is -2.37. The minimum Gasteiger partial charge on any atom is -0.384 e. The van der Waals surface area contributed by atoms with Gasteiger partial charge in [-0.25, -0.2) is 0 Å². The number of nitrogens with zero attached hydrogens (tertiary/aromatic N) is 2. The second-order valence-electron chi connectivity index (χ2n) is 4.98. The Labute approximate surface area is 116 Å². The molecule has 0 saturated heterocycles. The van der Waals surface area contributed by atoms with Gasteiger partial charge in [0, 0.05) is 31.0 Å². The number of nitrogens with one attached hydrogen (secondary N) is 1. The van der Waals surface area contributed by atoms with Crippen LogP contribution in [0.5, 0.6) is 0 Å². The number of rotatable bonds is 6. The molecule has 1 rings (SSSR count). The largest absolute Gasteiger partial charge is 0.384 e. The molecule has 0 aliphatic carbocycles. The maximum absolute atomic E-state index is 12.6. The van der Waals surface area contributed by atoms with E-state index in [0.29, 0.717) is 12.1 Å². The van der Waals surface area contributed by atoms with Gasteiger partial charge in [0.2, 0.25) is 0 Å². The fraction of sp³-hybridized carbons (Fsp3) is 0.600. The van der Waals surface area contributed by atoms with E-state index in [2.05, 4.69) is 17.2 Å². The molecule has 0 bridgehead atoms. The van der Waals surface area contributed by atoms with Gasteiger partial charge in [0.05, 0.1) is 11.3 Å². The van der Waals surface area contributed by atoms with E-state index >= 15 is 0 Å². The van der Waals surface area contributed by atoms with Crippen molar-refractivity contribution in [3.8, 4) is 0 Å². The summed E-state index contributed by atoms with van der Waals surface area (Å²) >= 11 is 0. The third kappa shape index (κ3) is 3.94. The number of aromatic nitrogens is 1. The Morgan fingerprint density at radius 1 is 1.42 bits per heavy atom. The van der Waals surface area contributed by atoms with Crippen LogP contribution in [-0.4, -0.2) is 34.9 Å². The Balaban J connectivity index is 3.07. The molecule has 0 atom stereocenters. The normalized spacial score (nSPS) is 10.6. The van der Waals surface area contributed by atoms with Gasteiger partial charge in [0.25, 0.3) is 5.91 Å². The van der Waals surface area contributed by atoms with Crippen LogP contribution >= 0.6 is 0 Å². The van der Waals surface area contributed by atoms with E-state index in [1.807, 2.05) is 38.7 Å². The summed E-state index contributed by atoms with van der Waals surface area (Å²) in [5.74, 6) is 0.0450. The zero-order valence-electron chi connectivity index (χ0n) is 12.7. The molecular weight excluding hydrogens is 238 g/mol. The van der Waals surface area contributed by atoms with Crippen molar-refractivity contribution in [2.75, 3.05) is 18.4 Å². The standard InChI is InChI=1S/C15H25N3O/c1-6-8-16-14-9-12(5)17-10-13(14)15(19)18(7-2)11(3)4/h9-11H,6-8H2,1-5H3,(H,16,17). The quantitative estimate of drug-likeness (QED) is 0.858. The first-order chi connectivity index (χ1) is 9.01. The molecule has 1 heterocycles. The number of carbonyl (C=O) groups is 1. The third-order valence-electron chi connectivity index (χ3n) is 3.06. The van der Waals surface area contributed by atoms with Crippen molar-refractivity contribution in [3.63, 3.8) is 0 Å². The number of anilines is 1. The number of hydrogen-bond acceptors (Lipinski definition) is 3. The van der Waals surface area contributed by atoms with E-state index in [1.165, 1.54) is 0 Å². The number of amides is 1. The Bertz CT molecular complexity index is 429. The van der Waals surface area contributed by atoms with Crippen LogP contribution in [0.3, 0.4) is 0 Å². The smallest absolute Gasteiger partial charge is 0.257 e. The average molecular weight is 263 g/mol. The highest BCUT2D eigenvalue weighted by atomic mass is 16.2. The second kappa shape index (κ2) is 7.12. The lowest BCUT2D eigenvalue weighted by molar-refractivity contribution is 0.0717. The van der Waals surface area contributed by atoms with Gasteiger partial charge in [-0.15, -0.1) is 0 Å². The molecule has 0 radical (unpaired) electrons. The van der Waals surface area contributed by atoms with Crippen molar-refractivity contribution in [3.05, 3.63) is 23.5 Å². The van der Waals surface area contributed by atoms with Gasteiger partial charge in [0.15, 0.2) is 0 Å². The van der Waals surface area contributed by atoms with E-state index in [0.717, 1.165) is 24.3 Å². The van der Waals surface area contributed by atoms with Gasteiger partial charge >= 0.3 is 0 Å². The monoisotopic (exact) mass is 263 g/mol. The molecule has 4 nitrogen and oxygen atoms in total. The molecule has 1 amide bonds. The van der Waals surface area contributed by atoms with Crippen molar-refractivity contribution in [2.45, 2.75) is 47.1 Å². The summed E-state index contributed by atoms with van der Waals surface area (Å²) in [4.78, 5) is 18.7. The minimum atomic E-state index is 0.0450. The van der Waals surface area contributed by atoms with E-state index < -0.39 is 0 Å². The van der Waals surface area contributed by atoms with Crippen LogP contribution in [0, 0.1) is 6.92 Å². The van der Waals surface area contributed by atoms with Crippen molar-refractivity contribution in [1.29, 1.82) is 0 Å². The minimum absolute atomic E-state index is 0.0450.